The molecular weight excluding hydrogens is 212 g/mol. The monoisotopic (exact) mass is 222 g/mol. The Kier molecular flexibility index (Phi) is 2.67. The van der Waals surface area contributed by atoms with Crippen LogP contribution in [-0.2, 0) is 13.0 Å². The van der Waals surface area contributed by atoms with E-state index < -0.39 is 5.97 Å². The number of carboxylic acids is 1. The molecule has 0 fully saturated rings. The Bertz CT molecular complexity index is 502. The molecule has 0 saturated heterocycles. The molecule has 0 unspecified atom stereocenters. The van der Waals surface area contributed by atoms with Gasteiger partial charge in [0.1, 0.15) is 12.2 Å². The Hall–Kier alpha value is -2.18. The van der Waals surface area contributed by atoms with Gasteiger partial charge in [-0.05, 0) is 6.07 Å². The van der Waals surface area contributed by atoms with Crippen molar-refractivity contribution < 1.29 is 14.4 Å². The van der Waals surface area contributed by atoms with Gasteiger partial charge < -0.3 is 9.63 Å². The van der Waals surface area contributed by atoms with Gasteiger partial charge >= 0.3 is 5.97 Å². The minimum absolute atomic E-state index is 0.0999. The van der Waals surface area contributed by atoms with E-state index in [2.05, 4.69) is 15.2 Å². The average Bonchev–Trinajstić information content (AvgIpc) is 2.87. The van der Waals surface area contributed by atoms with Crippen LogP contribution in [0.3, 0.4) is 0 Å². The molecule has 0 bridgehead atoms. The summed E-state index contributed by atoms with van der Waals surface area (Å²) in [7, 11) is 0. The predicted molar refractivity (Wildman–Crippen MR) is 52.0 cm³/mol. The maximum Gasteiger partial charge on any atom is 0.354 e. The number of aromatic nitrogens is 4. The quantitative estimate of drug-likeness (QED) is 0.812. The average molecular weight is 222 g/mol. The fraction of sp³-hybridized carbons (Fsp3) is 0.333. The predicted octanol–water partition coefficient (Wildman–Crippen LogP) is 0.575. The van der Waals surface area contributed by atoms with Crippen molar-refractivity contribution in [3.8, 4) is 0 Å². The fourth-order valence-electron chi connectivity index (χ4n) is 1.27. The van der Waals surface area contributed by atoms with Gasteiger partial charge in [0.05, 0.1) is 0 Å². The molecule has 0 atom stereocenters. The van der Waals surface area contributed by atoms with Crippen LogP contribution in [0.2, 0.25) is 0 Å². The molecule has 1 N–H and O–H groups in total. The molecule has 2 aromatic rings. The Morgan fingerprint density at radius 1 is 1.62 bits per heavy atom. The smallest absolute Gasteiger partial charge is 0.354 e. The Balaban J connectivity index is 2.20. The number of nitrogens with zero attached hydrogens (tertiary/aromatic N) is 4. The molecule has 0 radical (unpaired) electrons. The SMILES string of the molecule is CCc1nc(Cn2nccc2C(=O)O)no1. The highest BCUT2D eigenvalue weighted by atomic mass is 16.5. The fourth-order valence-corrected chi connectivity index (χ4v) is 1.27. The number of aryl methyl sites for hydroxylation is 1. The van der Waals surface area contributed by atoms with Crippen molar-refractivity contribution in [1.29, 1.82) is 0 Å². The van der Waals surface area contributed by atoms with E-state index in [1.807, 2.05) is 6.92 Å². The van der Waals surface area contributed by atoms with E-state index in [-0.39, 0.29) is 12.2 Å². The summed E-state index contributed by atoms with van der Waals surface area (Å²) in [5.74, 6) is -0.0845. The number of hydrogen-bond donors (Lipinski definition) is 1. The van der Waals surface area contributed by atoms with Gasteiger partial charge in [0.2, 0.25) is 5.89 Å². The van der Waals surface area contributed by atoms with Crippen molar-refractivity contribution in [1.82, 2.24) is 19.9 Å². The summed E-state index contributed by atoms with van der Waals surface area (Å²) in [6, 6.07) is 1.42. The number of aromatic carboxylic acids is 1. The second kappa shape index (κ2) is 4.13. The highest BCUT2D eigenvalue weighted by molar-refractivity contribution is 5.85. The van der Waals surface area contributed by atoms with E-state index in [1.165, 1.54) is 16.9 Å². The zero-order valence-electron chi connectivity index (χ0n) is 8.62. The van der Waals surface area contributed by atoms with Gasteiger partial charge in [-0.3, -0.25) is 4.68 Å². The Morgan fingerprint density at radius 3 is 3.06 bits per heavy atom. The Morgan fingerprint density at radius 2 is 2.44 bits per heavy atom. The van der Waals surface area contributed by atoms with Crippen molar-refractivity contribution in [2.45, 2.75) is 19.9 Å². The lowest BCUT2D eigenvalue weighted by Gasteiger charge is -1.99. The maximum absolute atomic E-state index is 10.8. The minimum atomic E-state index is -1.03. The summed E-state index contributed by atoms with van der Waals surface area (Å²) in [6.07, 6.45) is 2.07. The van der Waals surface area contributed by atoms with Gasteiger partial charge in [0.25, 0.3) is 0 Å². The van der Waals surface area contributed by atoms with E-state index >= 15 is 0 Å². The van der Waals surface area contributed by atoms with Crippen LogP contribution in [0.1, 0.15) is 29.1 Å². The third kappa shape index (κ3) is 1.92. The zero-order chi connectivity index (χ0) is 11.5. The van der Waals surface area contributed by atoms with Gasteiger partial charge in [-0.15, -0.1) is 0 Å². The molecule has 0 saturated carbocycles. The van der Waals surface area contributed by atoms with Crippen LogP contribution in [0.4, 0.5) is 0 Å². The summed E-state index contributed by atoms with van der Waals surface area (Å²) in [5, 5.41) is 16.5. The summed E-state index contributed by atoms with van der Waals surface area (Å²) in [6.45, 7) is 2.09. The molecule has 2 rings (SSSR count). The van der Waals surface area contributed by atoms with Gasteiger partial charge in [-0.1, -0.05) is 12.1 Å². The number of carbonyl (C=O) groups is 1. The third-order valence-electron chi connectivity index (χ3n) is 2.04. The first-order chi connectivity index (χ1) is 7.70. The number of hydrogen-bond acceptors (Lipinski definition) is 5. The third-order valence-corrected chi connectivity index (χ3v) is 2.04. The van der Waals surface area contributed by atoms with Crippen molar-refractivity contribution in [2.75, 3.05) is 0 Å². The minimum Gasteiger partial charge on any atom is -0.477 e. The molecule has 84 valence electrons. The van der Waals surface area contributed by atoms with E-state index in [4.69, 9.17) is 9.63 Å². The summed E-state index contributed by atoms with van der Waals surface area (Å²) < 4.78 is 6.23. The van der Waals surface area contributed by atoms with Gasteiger partial charge in [-0.25, -0.2) is 4.79 Å². The molecular formula is C9H10N4O3. The lowest BCUT2D eigenvalue weighted by atomic mass is 10.4. The van der Waals surface area contributed by atoms with Crippen molar-refractivity contribution in [3.05, 3.63) is 29.7 Å². The first-order valence-corrected chi connectivity index (χ1v) is 4.77. The molecule has 0 aliphatic carbocycles. The molecule has 0 amide bonds. The van der Waals surface area contributed by atoms with E-state index in [0.717, 1.165) is 0 Å². The van der Waals surface area contributed by atoms with Gasteiger partial charge in [0, 0.05) is 12.6 Å². The molecule has 0 spiro atoms. The molecule has 7 heteroatoms. The summed E-state index contributed by atoms with van der Waals surface area (Å²) in [4.78, 5) is 14.9. The normalized spacial score (nSPS) is 10.6. The highest BCUT2D eigenvalue weighted by Crippen LogP contribution is 2.04. The molecule has 16 heavy (non-hydrogen) atoms. The van der Waals surface area contributed by atoms with Gasteiger partial charge in [-0.2, -0.15) is 10.1 Å². The highest BCUT2D eigenvalue weighted by Gasteiger charge is 2.12. The first kappa shape index (κ1) is 10.3. The van der Waals surface area contributed by atoms with Crippen LogP contribution in [0, 0.1) is 0 Å². The lowest BCUT2D eigenvalue weighted by Crippen LogP contribution is -2.11. The zero-order valence-corrected chi connectivity index (χ0v) is 8.62. The van der Waals surface area contributed by atoms with Crippen LogP contribution in [0.15, 0.2) is 16.8 Å². The Labute approximate surface area is 90.7 Å². The van der Waals surface area contributed by atoms with E-state index in [0.29, 0.717) is 18.1 Å². The number of rotatable bonds is 4. The molecule has 0 aliphatic heterocycles. The van der Waals surface area contributed by atoms with E-state index in [9.17, 15) is 4.79 Å². The second-order valence-corrected chi connectivity index (χ2v) is 3.14. The largest absolute Gasteiger partial charge is 0.477 e. The maximum atomic E-state index is 10.8. The van der Waals surface area contributed by atoms with Crippen molar-refractivity contribution in [2.24, 2.45) is 0 Å². The molecule has 0 aliphatic rings. The topological polar surface area (TPSA) is 94.0 Å². The first-order valence-electron chi connectivity index (χ1n) is 4.77. The molecule has 0 aromatic carbocycles. The van der Waals surface area contributed by atoms with Crippen molar-refractivity contribution >= 4 is 5.97 Å². The number of carboxylic acid groups (broad SMARTS) is 1. The lowest BCUT2D eigenvalue weighted by molar-refractivity contribution is 0.0684. The van der Waals surface area contributed by atoms with Crippen LogP contribution >= 0.6 is 0 Å². The van der Waals surface area contributed by atoms with Crippen LogP contribution in [0.25, 0.3) is 0 Å². The second-order valence-electron chi connectivity index (χ2n) is 3.14. The van der Waals surface area contributed by atoms with Crippen molar-refractivity contribution in [3.63, 3.8) is 0 Å². The molecule has 2 heterocycles. The molecule has 2 aromatic heterocycles. The van der Waals surface area contributed by atoms with Gasteiger partial charge in [0.15, 0.2) is 5.82 Å². The van der Waals surface area contributed by atoms with Crippen LogP contribution in [-0.4, -0.2) is 31.0 Å². The summed E-state index contributed by atoms with van der Waals surface area (Å²) >= 11 is 0. The summed E-state index contributed by atoms with van der Waals surface area (Å²) in [5.41, 5.74) is 0.0999. The molecule has 7 nitrogen and oxygen atoms in total. The van der Waals surface area contributed by atoms with E-state index in [1.54, 1.807) is 0 Å². The van der Waals surface area contributed by atoms with Crippen LogP contribution in [0.5, 0.6) is 0 Å². The van der Waals surface area contributed by atoms with Crippen LogP contribution < -0.4 is 0 Å². The standard InChI is InChI=1S/C9H10N4O3/c1-2-8-11-7(12-16-8)5-13-6(9(14)15)3-4-10-13/h3-4H,2,5H2,1H3,(H,14,15).